The lowest BCUT2D eigenvalue weighted by molar-refractivity contribution is -0.122. The van der Waals surface area contributed by atoms with Crippen molar-refractivity contribution in [1.29, 1.82) is 0 Å². The third-order valence-corrected chi connectivity index (χ3v) is 8.50. The number of benzene rings is 2. The van der Waals surface area contributed by atoms with E-state index in [-0.39, 0.29) is 17.7 Å². The summed E-state index contributed by atoms with van der Waals surface area (Å²) < 4.78 is 38.0. The van der Waals surface area contributed by atoms with Crippen molar-refractivity contribution < 1.29 is 18.3 Å². The molecule has 45 heavy (non-hydrogen) atoms. The number of nitrogens with zero attached hydrogens (tertiary/aromatic N) is 8. The minimum absolute atomic E-state index is 0.0511. The highest BCUT2D eigenvalue weighted by Crippen LogP contribution is 2.35. The summed E-state index contributed by atoms with van der Waals surface area (Å²) >= 11 is 0. The molecule has 1 amide bonds. The topological polar surface area (TPSA) is 116 Å². The van der Waals surface area contributed by atoms with E-state index in [0.29, 0.717) is 55.0 Å². The number of anilines is 1. The Labute approximate surface area is 255 Å². The molecule has 4 aromatic heterocycles. The summed E-state index contributed by atoms with van der Waals surface area (Å²) in [7, 11) is 1.94. The van der Waals surface area contributed by atoms with Crippen LogP contribution in [-0.2, 0) is 18.3 Å². The van der Waals surface area contributed by atoms with Gasteiger partial charge in [0.25, 0.3) is 0 Å². The molecular formula is C32H27F2N9O2. The van der Waals surface area contributed by atoms with Gasteiger partial charge in [-0.1, -0.05) is 12.1 Å². The summed E-state index contributed by atoms with van der Waals surface area (Å²) in [6, 6.07) is 12.4. The van der Waals surface area contributed by atoms with Crippen LogP contribution < -0.4 is 15.0 Å². The van der Waals surface area contributed by atoms with Gasteiger partial charge in [0, 0.05) is 55.0 Å². The van der Waals surface area contributed by atoms with Gasteiger partial charge < -0.3 is 15.0 Å². The SMILES string of the molecule is Cn1nc2cccc3c2c1CCCNC(=O)[C@@H]1C[C@@H](CN1c1ncnc2c1cnn2-c1ccc(F)cc1F)Oc1ccnc-3c1. The summed E-state index contributed by atoms with van der Waals surface area (Å²) in [5.41, 5.74) is 4.10. The average Bonchev–Trinajstić information content (AvgIpc) is 3.74. The number of pyridine rings is 1. The van der Waals surface area contributed by atoms with Crippen molar-refractivity contribution in [3.8, 4) is 22.7 Å². The van der Waals surface area contributed by atoms with Crippen molar-refractivity contribution in [3.63, 3.8) is 0 Å². The number of aromatic nitrogens is 7. The van der Waals surface area contributed by atoms with Gasteiger partial charge >= 0.3 is 0 Å². The van der Waals surface area contributed by atoms with Gasteiger partial charge in [0.15, 0.2) is 11.5 Å². The second-order valence-electron chi connectivity index (χ2n) is 11.3. The van der Waals surface area contributed by atoms with E-state index in [1.54, 1.807) is 6.20 Å². The van der Waals surface area contributed by atoms with E-state index in [4.69, 9.17) is 9.84 Å². The maximum Gasteiger partial charge on any atom is 0.242 e. The molecule has 0 aliphatic carbocycles. The summed E-state index contributed by atoms with van der Waals surface area (Å²) in [5, 5.41) is 13.8. The fourth-order valence-electron chi connectivity index (χ4n) is 6.48. The quantitative estimate of drug-likeness (QED) is 0.313. The van der Waals surface area contributed by atoms with Crippen LogP contribution >= 0.6 is 0 Å². The molecule has 0 spiro atoms. The van der Waals surface area contributed by atoms with Crippen LogP contribution in [0.25, 0.3) is 38.9 Å². The van der Waals surface area contributed by atoms with Gasteiger partial charge in [-0.3, -0.25) is 14.5 Å². The number of carbonyl (C=O) groups is 1. The predicted molar refractivity (Wildman–Crippen MR) is 162 cm³/mol. The van der Waals surface area contributed by atoms with E-state index in [1.165, 1.54) is 23.3 Å². The molecule has 8 rings (SSSR count). The molecule has 2 aliphatic rings. The standard InChI is InChI=1S/C32H27F2N9O2/c1-41-27-6-3-10-36-32(44)28-14-20(45-19-9-11-35-25(13-19)21-4-2-5-24(40-41)29(21)27)16-42(28)30-22-15-39-43(31(22)38-17-37-30)26-8-7-18(33)12-23(26)34/h2,4-5,7-9,11-13,15,17,20,28H,3,6,10,14,16H2,1H3,(H,36,44)/t20-,28-/m0/s1. The fraction of sp³-hybridized carbons (Fsp3) is 0.250. The fourth-order valence-corrected chi connectivity index (χ4v) is 6.48. The molecule has 0 radical (unpaired) electrons. The molecule has 4 bridgehead atoms. The van der Waals surface area contributed by atoms with Crippen LogP contribution in [0.2, 0.25) is 0 Å². The van der Waals surface area contributed by atoms with Gasteiger partial charge in [0.2, 0.25) is 5.91 Å². The second-order valence-corrected chi connectivity index (χ2v) is 11.3. The van der Waals surface area contributed by atoms with E-state index in [0.717, 1.165) is 40.0 Å². The third-order valence-electron chi connectivity index (χ3n) is 8.50. The van der Waals surface area contributed by atoms with Crippen molar-refractivity contribution >= 4 is 33.7 Å². The molecule has 1 N–H and O–H groups in total. The number of aryl methyl sites for hydroxylation is 2. The molecule has 1 fully saturated rings. The summed E-state index contributed by atoms with van der Waals surface area (Å²) in [6.07, 6.45) is 6.10. The number of carbonyl (C=O) groups excluding carboxylic acids is 1. The van der Waals surface area contributed by atoms with Crippen LogP contribution in [0.5, 0.6) is 5.75 Å². The Hall–Kier alpha value is -5.46. The minimum Gasteiger partial charge on any atom is -0.488 e. The number of ether oxygens (including phenoxy) is 1. The Bertz CT molecular complexity index is 2110. The zero-order valence-corrected chi connectivity index (χ0v) is 24.2. The highest BCUT2D eigenvalue weighted by Gasteiger charge is 2.40. The molecular weight excluding hydrogens is 580 g/mol. The smallest absolute Gasteiger partial charge is 0.242 e. The normalized spacial score (nSPS) is 18.5. The lowest BCUT2D eigenvalue weighted by Crippen LogP contribution is -2.44. The van der Waals surface area contributed by atoms with E-state index in [1.807, 2.05) is 47.0 Å². The van der Waals surface area contributed by atoms with Crippen molar-refractivity contribution in [1.82, 2.24) is 39.8 Å². The van der Waals surface area contributed by atoms with Crippen molar-refractivity contribution in [3.05, 3.63) is 84.6 Å². The van der Waals surface area contributed by atoms with E-state index in [2.05, 4.69) is 25.4 Å². The molecule has 2 aromatic carbocycles. The predicted octanol–water partition coefficient (Wildman–Crippen LogP) is 4.13. The van der Waals surface area contributed by atoms with Crippen molar-refractivity contribution in [2.45, 2.75) is 31.4 Å². The number of rotatable bonds is 2. The lowest BCUT2D eigenvalue weighted by Gasteiger charge is -2.25. The van der Waals surface area contributed by atoms with Gasteiger partial charge in [0.1, 0.15) is 41.5 Å². The van der Waals surface area contributed by atoms with E-state index in [9.17, 15) is 13.6 Å². The zero-order valence-electron chi connectivity index (χ0n) is 24.2. The number of amides is 1. The van der Waals surface area contributed by atoms with Gasteiger partial charge in [0.05, 0.1) is 29.3 Å². The van der Waals surface area contributed by atoms with Crippen LogP contribution in [0, 0.1) is 11.6 Å². The molecule has 2 atom stereocenters. The first kappa shape index (κ1) is 27.1. The molecule has 2 aliphatic heterocycles. The number of hydrogen-bond donors (Lipinski definition) is 1. The van der Waals surface area contributed by atoms with Crippen molar-refractivity contribution in [2.24, 2.45) is 7.05 Å². The Morgan fingerprint density at radius 3 is 2.87 bits per heavy atom. The van der Waals surface area contributed by atoms with Crippen LogP contribution in [0.4, 0.5) is 14.6 Å². The Morgan fingerprint density at radius 1 is 1.07 bits per heavy atom. The molecule has 0 saturated carbocycles. The van der Waals surface area contributed by atoms with Crippen molar-refractivity contribution in [2.75, 3.05) is 18.0 Å². The molecule has 0 unspecified atom stereocenters. The number of hydrogen-bond acceptors (Lipinski definition) is 8. The summed E-state index contributed by atoms with van der Waals surface area (Å²) in [4.78, 5) is 29.2. The molecule has 13 heteroatoms. The average molecular weight is 608 g/mol. The zero-order chi connectivity index (χ0) is 30.7. The summed E-state index contributed by atoms with van der Waals surface area (Å²) in [6.45, 7) is 0.830. The Kier molecular flexibility index (Phi) is 6.39. The Morgan fingerprint density at radius 2 is 1.98 bits per heavy atom. The van der Waals surface area contributed by atoms with Gasteiger partial charge in [-0.05, 0) is 37.1 Å². The number of halogens is 2. The first-order valence-electron chi connectivity index (χ1n) is 14.7. The van der Waals surface area contributed by atoms with Crippen LogP contribution in [0.1, 0.15) is 18.5 Å². The minimum atomic E-state index is -0.772. The molecule has 6 heterocycles. The maximum absolute atomic E-state index is 14.7. The number of nitrogens with one attached hydrogen (secondary N) is 1. The monoisotopic (exact) mass is 607 g/mol. The van der Waals surface area contributed by atoms with E-state index >= 15 is 0 Å². The van der Waals surface area contributed by atoms with Crippen LogP contribution in [-0.4, -0.2) is 65.7 Å². The number of fused-ring (bicyclic) bond motifs is 6. The molecule has 11 nitrogen and oxygen atoms in total. The van der Waals surface area contributed by atoms with Gasteiger partial charge in [-0.2, -0.15) is 10.2 Å². The molecule has 1 saturated heterocycles. The molecule has 226 valence electrons. The highest BCUT2D eigenvalue weighted by atomic mass is 19.1. The molecule has 6 aromatic rings. The second kappa shape index (κ2) is 10.6. The third kappa shape index (κ3) is 4.62. The van der Waals surface area contributed by atoms with Gasteiger partial charge in [-0.15, -0.1) is 0 Å². The Balaban J connectivity index is 1.18. The highest BCUT2D eigenvalue weighted by molar-refractivity contribution is 5.96. The summed E-state index contributed by atoms with van der Waals surface area (Å²) in [5.74, 6) is -0.499. The lowest BCUT2D eigenvalue weighted by atomic mass is 10.0. The van der Waals surface area contributed by atoms with Crippen LogP contribution in [0.3, 0.4) is 0 Å². The van der Waals surface area contributed by atoms with Gasteiger partial charge in [-0.25, -0.2) is 23.4 Å². The largest absolute Gasteiger partial charge is 0.488 e. The first-order chi connectivity index (χ1) is 21.9. The van der Waals surface area contributed by atoms with Crippen LogP contribution in [0.15, 0.2) is 67.3 Å². The van der Waals surface area contributed by atoms with E-state index < -0.39 is 17.7 Å². The first-order valence-corrected chi connectivity index (χ1v) is 14.7. The maximum atomic E-state index is 14.7.